The molecule has 0 aliphatic heterocycles. The molecule has 2 aromatic carbocycles. The molecule has 2 N–H and O–H groups in total. The summed E-state index contributed by atoms with van der Waals surface area (Å²) in [5, 5.41) is 0. The van der Waals surface area contributed by atoms with Gasteiger partial charge in [-0.3, -0.25) is 0 Å². The van der Waals surface area contributed by atoms with E-state index in [9.17, 15) is 4.39 Å². The summed E-state index contributed by atoms with van der Waals surface area (Å²) in [6, 6.07) is 13.4. The Balaban J connectivity index is 2.13. The van der Waals surface area contributed by atoms with Gasteiger partial charge in [-0.15, -0.1) is 0 Å². The molecule has 0 spiro atoms. The number of nitrogens with two attached hydrogens (primary N) is 1. The van der Waals surface area contributed by atoms with Crippen molar-refractivity contribution in [1.82, 2.24) is 0 Å². The maximum atomic E-state index is 13.2. The predicted molar refractivity (Wildman–Crippen MR) is 89.9 cm³/mol. The van der Waals surface area contributed by atoms with Crippen molar-refractivity contribution in [2.24, 2.45) is 5.73 Å². The summed E-state index contributed by atoms with van der Waals surface area (Å²) in [5.41, 5.74) is 9.83. The van der Waals surface area contributed by atoms with Crippen LogP contribution in [0.25, 0.3) is 0 Å². The number of hydrogen-bond acceptors (Lipinski definition) is 1. The van der Waals surface area contributed by atoms with Gasteiger partial charge in [0.25, 0.3) is 0 Å². The lowest BCUT2D eigenvalue weighted by Gasteiger charge is -2.20. The molecule has 2 rings (SSSR count). The lowest BCUT2D eigenvalue weighted by molar-refractivity contribution is 0.589. The van der Waals surface area contributed by atoms with E-state index in [1.165, 1.54) is 11.6 Å². The summed E-state index contributed by atoms with van der Waals surface area (Å²) in [6.45, 7) is 6.58. The minimum Gasteiger partial charge on any atom is -0.324 e. The molecular weight excluding hydrogens is 329 g/mol. The van der Waals surface area contributed by atoms with Crippen LogP contribution in [-0.2, 0) is 11.8 Å². The summed E-state index contributed by atoms with van der Waals surface area (Å²) < 4.78 is 13.7. The fourth-order valence-corrected chi connectivity index (χ4v) is 2.69. The Labute approximate surface area is 134 Å². The van der Waals surface area contributed by atoms with E-state index < -0.39 is 0 Å². The van der Waals surface area contributed by atoms with Crippen LogP contribution < -0.4 is 5.73 Å². The topological polar surface area (TPSA) is 26.0 Å². The van der Waals surface area contributed by atoms with Crippen molar-refractivity contribution in [2.45, 2.75) is 38.6 Å². The summed E-state index contributed by atoms with van der Waals surface area (Å²) >= 11 is 3.21. The smallest absolute Gasteiger partial charge is 0.137 e. The number of benzene rings is 2. The molecule has 0 fully saturated rings. The van der Waals surface area contributed by atoms with Crippen LogP contribution in [0.2, 0.25) is 0 Å². The van der Waals surface area contributed by atoms with Crippen LogP contribution in [0.15, 0.2) is 46.9 Å². The third-order valence-corrected chi connectivity index (χ3v) is 4.25. The van der Waals surface area contributed by atoms with Crippen LogP contribution in [-0.4, -0.2) is 0 Å². The van der Waals surface area contributed by atoms with Crippen molar-refractivity contribution in [3.63, 3.8) is 0 Å². The third-order valence-electron chi connectivity index (χ3n) is 3.64. The van der Waals surface area contributed by atoms with E-state index in [4.69, 9.17) is 5.73 Å². The normalized spacial score (nSPS) is 13.2. The third kappa shape index (κ3) is 4.14. The fourth-order valence-electron chi connectivity index (χ4n) is 2.27. The van der Waals surface area contributed by atoms with Crippen LogP contribution in [0, 0.1) is 5.82 Å². The molecule has 0 heterocycles. The zero-order valence-corrected chi connectivity index (χ0v) is 14.2. The van der Waals surface area contributed by atoms with Gasteiger partial charge in [-0.2, -0.15) is 0 Å². The Hall–Kier alpha value is -1.19. The second-order valence-electron chi connectivity index (χ2n) is 6.43. The van der Waals surface area contributed by atoms with Crippen molar-refractivity contribution >= 4 is 15.9 Å². The first-order valence-corrected chi connectivity index (χ1v) is 7.86. The highest BCUT2D eigenvalue weighted by Crippen LogP contribution is 2.25. The molecule has 1 nitrogen and oxygen atoms in total. The highest BCUT2D eigenvalue weighted by atomic mass is 79.9. The van der Waals surface area contributed by atoms with Crippen molar-refractivity contribution in [1.29, 1.82) is 0 Å². The average molecular weight is 350 g/mol. The van der Waals surface area contributed by atoms with Gasteiger partial charge >= 0.3 is 0 Å². The number of hydrogen-bond donors (Lipinski definition) is 1. The second kappa shape index (κ2) is 6.29. The minimum absolute atomic E-state index is 0.0867. The van der Waals surface area contributed by atoms with Gasteiger partial charge < -0.3 is 5.73 Å². The quantitative estimate of drug-likeness (QED) is 0.816. The summed E-state index contributed by atoms with van der Waals surface area (Å²) in [5.74, 6) is -0.248. The van der Waals surface area contributed by atoms with E-state index in [1.54, 1.807) is 12.1 Å². The SMILES string of the molecule is CC(C)(C)c1ccc(C(N)Cc2ccc(F)c(Br)c2)cc1. The molecule has 0 saturated carbocycles. The fraction of sp³-hybridized carbons (Fsp3) is 0.333. The first kappa shape index (κ1) is 16.2. The monoisotopic (exact) mass is 349 g/mol. The van der Waals surface area contributed by atoms with Crippen LogP contribution in [0.1, 0.15) is 43.5 Å². The summed E-state index contributed by atoms with van der Waals surface area (Å²) in [4.78, 5) is 0. The lowest BCUT2D eigenvalue weighted by Crippen LogP contribution is -2.15. The minimum atomic E-state index is -0.248. The van der Waals surface area contributed by atoms with Crippen molar-refractivity contribution < 1.29 is 4.39 Å². The van der Waals surface area contributed by atoms with Crippen LogP contribution in [0.5, 0.6) is 0 Å². The Kier molecular flexibility index (Phi) is 4.84. The van der Waals surface area contributed by atoms with Gasteiger partial charge in [0.1, 0.15) is 5.82 Å². The molecule has 1 atom stereocenters. The second-order valence-corrected chi connectivity index (χ2v) is 7.29. The largest absolute Gasteiger partial charge is 0.324 e. The molecule has 21 heavy (non-hydrogen) atoms. The molecule has 0 radical (unpaired) electrons. The molecule has 3 heteroatoms. The van der Waals surface area contributed by atoms with E-state index in [2.05, 4.69) is 61.0 Å². The molecular formula is C18H21BrFN. The van der Waals surface area contributed by atoms with Crippen LogP contribution >= 0.6 is 15.9 Å². The van der Waals surface area contributed by atoms with Crippen LogP contribution in [0.4, 0.5) is 4.39 Å². The molecule has 0 amide bonds. The Morgan fingerprint density at radius 2 is 1.71 bits per heavy atom. The Morgan fingerprint density at radius 3 is 2.24 bits per heavy atom. The predicted octanol–water partition coefficient (Wildman–Crippen LogP) is 5.13. The maximum absolute atomic E-state index is 13.2. The highest BCUT2D eigenvalue weighted by Gasteiger charge is 2.14. The number of halogens is 2. The van der Waals surface area contributed by atoms with E-state index in [-0.39, 0.29) is 17.3 Å². The number of rotatable bonds is 3. The molecule has 0 bridgehead atoms. The molecule has 0 aliphatic rings. The zero-order valence-electron chi connectivity index (χ0n) is 12.7. The molecule has 1 unspecified atom stereocenters. The van der Waals surface area contributed by atoms with Gasteiger partial charge in [0.2, 0.25) is 0 Å². The molecule has 2 aromatic rings. The summed E-state index contributed by atoms with van der Waals surface area (Å²) in [6.07, 6.45) is 0.688. The van der Waals surface area contributed by atoms with E-state index >= 15 is 0 Å². The van der Waals surface area contributed by atoms with Gasteiger partial charge in [-0.1, -0.05) is 51.1 Å². The highest BCUT2D eigenvalue weighted by molar-refractivity contribution is 9.10. The van der Waals surface area contributed by atoms with E-state index in [1.807, 2.05) is 0 Å². The van der Waals surface area contributed by atoms with Crippen LogP contribution in [0.3, 0.4) is 0 Å². The van der Waals surface area contributed by atoms with E-state index in [0.29, 0.717) is 10.9 Å². The molecule has 112 valence electrons. The van der Waals surface area contributed by atoms with Gasteiger partial charge in [0.15, 0.2) is 0 Å². The van der Waals surface area contributed by atoms with Gasteiger partial charge in [-0.05, 0) is 56.6 Å². The molecule has 0 saturated heterocycles. The first-order valence-electron chi connectivity index (χ1n) is 7.07. The van der Waals surface area contributed by atoms with Gasteiger partial charge in [-0.25, -0.2) is 4.39 Å². The first-order chi connectivity index (χ1) is 9.77. The molecule has 0 aromatic heterocycles. The maximum Gasteiger partial charge on any atom is 0.137 e. The van der Waals surface area contributed by atoms with Crippen molar-refractivity contribution in [3.8, 4) is 0 Å². The van der Waals surface area contributed by atoms with E-state index in [0.717, 1.165) is 11.1 Å². The van der Waals surface area contributed by atoms with Gasteiger partial charge in [0.05, 0.1) is 4.47 Å². The lowest BCUT2D eigenvalue weighted by atomic mass is 9.86. The zero-order chi connectivity index (χ0) is 15.6. The molecule has 0 aliphatic carbocycles. The van der Waals surface area contributed by atoms with Gasteiger partial charge in [0, 0.05) is 6.04 Å². The average Bonchev–Trinajstić information content (AvgIpc) is 2.42. The summed E-state index contributed by atoms with van der Waals surface area (Å²) in [7, 11) is 0. The Morgan fingerprint density at radius 1 is 1.10 bits per heavy atom. The van der Waals surface area contributed by atoms with Crippen molar-refractivity contribution in [2.75, 3.05) is 0 Å². The Bertz CT molecular complexity index is 614. The standard InChI is InChI=1S/C18H21BrFN/c1-18(2,3)14-7-5-13(6-8-14)17(21)11-12-4-9-16(20)15(19)10-12/h4-10,17H,11,21H2,1-3H3. The van der Waals surface area contributed by atoms with Crippen molar-refractivity contribution in [3.05, 3.63) is 69.4 Å².